The van der Waals surface area contributed by atoms with Crippen molar-refractivity contribution >= 4 is 5.78 Å². The standard InChI is InChI=1S/C10H14.C7H14O.H2/c1-4-10-8(2)6-5-7-9(10)3;1-6(2)4-5-7(3)8;/h5-7H,4H2,1-3H3;6H,4-5H2,1-3H3;1H. The third-order valence-electron chi connectivity index (χ3n) is 3.07. The van der Waals surface area contributed by atoms with Crippen LogP contribution in [-0.4, -0.2) is 5.78 Å². The molecule has 0 amide bonds. The van der Waals surface area contributed by atoms with Crippen molar-refractivity contribution in [2.24, 2.45) is 5.92 Å². The smallest absolute Gasteiger partial charge is 0.129 e. The van der Waals surface area contributed by atoms with Crippen molar-refractivity contribution in [1.82, 2.24) is 0 Å². The molecule has 0 N–H and O–H groups in total. The Morgan fingerprint density at radius 2 is 1.72 bits per heavy atom. The summed E-state index contributed by atoms with van der Waals surface area (Å²) in [5.41, 5.74) is 4.34. The van der Waals surface area contributed by atoms with Gasteiger partial charge in [-0.2, -0.15) is 0 Å². The number of benzene rings is 1. The molecule has 0 heterocycles. The molecule has 0 unspecified atom stereocenters. The number of hydrogen-bond donors (Lipinski definition) is 0. The summed E-state index contributed by atoms with van der Waals surface area (Å²) in [5.74, 6) is 0.970. The maximum atomic E-state index is 10.3. The van der Waals surface area contributed by atoms with Crippen molar-refractivity contribution in [3.8, 4) is 0 Å². The Balaban J connectivity index is 0. The molecule has 0 saturated heterocycles. The van der Waals surface area contributed by atoms with Gasteiger partial charge in [-0.15, -0.1) is 0 Å². The van der Waals surface area contributed by atoms with E-state index in [0.717, 1.165) is 19.3 Å². The van der Waals surface area contributed by atoms with Gasteiger partial charge in [0.05, 0.1) is 0 Å². The molecule has 18 heavy (non-hydrogen) atoms. The Morgan fingerprint density at radius 3 is 1.94 bits per heavy atom. The number of aryl methyl sites for hydroxylation is 2. The van der Waals surface area contributed by atoms with Gasteiger partial charge in [-0.3, -0.25) is 0 Å². The van der Waals surface area contributed by atoms with Gasteiger partial charge in [0.15, 0.2) is 0 Å². The second-order valence-corrected chi connectivity index (χ2v) is 5.36. The van der Waals surface area contributed by atoms with Gasteiger partial charge in [0.25, 0.3) is 0 Å². The summed E-state index contributed by atoms with van der Waals surface area (Å²) in [6, 6.07) is 6.46. The number of Topliss-reactive ketones (excluding diaryl/α,β-unsaturated/α-hetero) is 1. The Bertz CT molecular complexity index is 349. The van der Waals surface area contributed by atoms with E-state index < -0.39 is 0 Å². The fraction of sp³-hybridized carbons (Fsp3) is 0.588. The molecule has 0 aliphatic carbocycles. The first-order chi connectivity index (χ1) is 8.38. The third kappa shape index (κ3) is 7.26. The molecule has 0 spiro atoms. The van der Waals surface area contributed by atoms with E-state index in [2.05, 4.69) is 52.8 Å². The Kier molecular flexibility index (Phi) is 8.36. The van der Waals surface area contributed by atoms with Crippen molar-refractivity contribution in [3.63, 3.8) is 0 Å². The lowest BCUT2D eigenvalue weighted by molar-refractivity contribution is -0.117. The van der Waals surface area contributed by atoms with Crippen LogP contribution in [0.4, 0.5) is 0 Å². The molecule has 0 bridgehead atoms. The number of carbonyl (C=O) groups excluding carboxylic acids is 1. The van der Waals surface area contributed by atoms with Crippen molar-refractivity contribution in [2.75, 3.05) is 0 Å². The van der Waals surface area contributed by atoms with Gasteiger partial charge in [0, 0.05) is 7.85 Å². The zero-order chi connectivity index (χ0) is 14.1. The highest BCUT2D eigenvalue weighted by Crippen LogP contribution is 2.12. The SMILES string of the molecule is CC(=O)CCC(C)C.CCc1c(C)cccc1C.[HH]. The summed E-state index contributed by atoms with van der Waals surface area (Å²) in [5, 5.41) is 0. The molecular weight excluding hydrogens is 220 g/mol. The quantitative estimate of drug-likeness (QED) is 0.724. The molecule has 0 fully saturated rings. The monoisotopic (exact) mass is 250 g/mol. The van der Waals surface area contributed by atoms with E-state index in [1.165, 1.54) is 16.7 Å². The molecule has 0 atom stereocenters. The van der Waals surface area contributed by atoms with E-state index in [1.54, 1.807) is 6.92 Å². The summed E-state index contributed by atoms with van der Waals surface area (Å²) in [6.45, 7) is 12.4. The van der Waals surface area contributed by atoms with Crippen molar-refractivity contribution in [1.29, 1.82) is 0 Å². The van der Waals surface area contributed by atoms with E-state index >= 15 is 0 Å². The highest BCUT2D eigenvalue weighted by atomic mass is 16.1. The molecule has 1 rings (SSSR count). The highest BCUT2D eigenvalue weighted by Gasteiger charge is 1.96. The molecule has 1 nitrogen and oxygen atoms in total. The summed E-state index contributed by atoms with van der Waals surface area (Å²) in [6.07, 6.45) is 2.94. The van der Waals surface area contributed by atoms with Gasteiger partial charge in [-0.25, -0.2) is 0 Å². The van der Waals surface area contributed by atoms with Crippen LogP contribution in [0.1, 0.15) is 58.7 Å². The maximum absolute atomic E-state index is 10.3. The zero-order valence-corrected chi connectivity index (χ0v) is 12.8. The summed E-state index contributed by atoms with van der Waals surface area (Å²) in [4.78, 5) is 10.3. The summed E-state index contributed by atoms with van der Waals surface area (Å²) in [7, 11) is 0. The number of rotatable bonds is 4. The van der Waals surface area contributed by atoms with Gasteiger partial charge in [-0.1, -0.05) is 39.0 Å². The van der Waals surface area contributed by atoms with Crippen LogP contribution in [0.3, 0.4) is 0 Å². The molecule has 0 saturated carbocycles. The molecule has 1 aromatic rings. The topological polar surface area (TPSA) is 17.1 Å². The van der Waals surface area contributed by atoms with Crippen molar-refractivity contribution in [3.05, 3.63) is 34.9 Å². The molecule has 0 radical (unpaired) electrons. The second-order valence-electron chi connectivity index (χ2n) is 5.36. The van der Waals surface area contributed by atoms with E-state index in [1.807, 2.05) is 0 Å². The minimum absolute atomic E-state index is 0. The van der Waals surface area contributed by atoms with Gasteiger partial charge in [-0.05, 0) is 56.2 Å². The molecule has 0 aromatic heterocycles. The minimum Gasteiger partial charge on any atom is -0.300 e. The van der Waals surface area contributed by atoms with E-state index in [4.69, 9.17) is 0 Å². The molecular formula is C17H30O. The Morgan fingerprint density at radius 1 is 1.22 bits per heavy atom. The van der Waals surface area contributed by atoms with Gasteiger partial charge < -0.3 is 4.79 Å². The first-order valence-electron chi connectivity index (χ1n) is 6.93. The Hall–Kier alpha value is -1.11. The zero-order valence-electron chi connectivity index (χ0n) is 12.8. The molecule has 0 aliphatic heterocycles. The predicted octanol–water partition coefficient (Wildman–Crippen LogP) is 5.12. The van der Waals surface area contributed by atoms with Gasteiger partial charge >= 0.3 is 0 Å². The van der Waals surface area contributed by atoms with Crippen molar-refractivity contribution < 1.29 is 6.22 Å². The highest BCUT2D eigenvalue weighted by molar-refractivity contribution is 5.75. The normalized spacial score (nSPS) is 9.94. The van der Waals surface area contributed by atoms with E-state index in [-0.39, 0.29) is 1.43 Å². The lowest BCUT2D eigenvalue weighted by Crippen LogP contribution is -1.93. The molecule has 1 aromatic carbocycles. The largest absolute Gasteiger partial charge is 0.300 e. The fourth-order valence-corrected chi connectivity index (χ4v) is 1.90. The van der Waals surface area contributed by atoms with Crippen LogP contribution in [0.15, 0.2) is 18.2 Å². The van der Waals surface area contributed by atoms with Gasteiger partial charge in [0.1, 0.15) is 5.78 Å². The first kappa shape index (κ1) is 16.9. The van der Waals surface area contributed by atoms with Crippen LogP contribution >= 0.6 is 0 Å². The van der Waals surface area contributed by atoms with E-state index in [0.29, 0.717) is 11.7 Å². The molecule has 1 heteroatoms. The summed E-state index contributed by atoms with van der Waals surface area (Å²) < 4.78 is 0. The summed E-state index contributed by atoms with van der Waals surface area (Å²) >= 11 is 0. The number of carbonyl (C=O) groups is 1. The third-order valence-corrected chi connectivity index (χ3v) is 3.07. The lowest BCUT2D eigenvalue weighted by Gasteiger charge is -2.04. The van der Waals surface area contributed by atoms with Crippen LogP contribution < -0.4 is 0 Å². The number of hydrogen-bond acceptors (Lipinski definition) is 1. The predicted molar refractivity (Wildman–Crippen MR) is 82.2 cm³/mol. The fourth-order valence-electron chi connectivity index (χ4n) is 1.90. The average molecular weight is 250 g/mol. The van der Waals surface area contributed by atoms with Crippen LogP contribution in [0.5, 0.6) is 0 Å². The van der Waals surface area contributed by atoms with Gasteiger partial charge in [0.2, 0.25) is 0 Å². The number of ketones is 1. The molecule has 0 aliphatic rings. The minimum atomic E-state index is 0. The second kappa shape index (κ2) is 8.91. The average Bonchev–Trinajstić information content (AvgIpc) is 2.27. The van der Waals surface area contributed by atoms with Crippen molar-refractivity contribution in [2.45, 2.75) is 60.8 Å². The Labute approximate surface area is 114 Å². The lowest BCUT2D eigenvalue weighted by atomic mass is 10.0. The maximum Gasteiger partial charge on any atom is 0.129 e. The van der Waals surface area contributed by atoms with E-state index in [9.17, 15) is 4.79 Å². The van der Waals surface area contributed by atoms with Crippen LogP contribution in [0.25, 0.3) is 0 Å². The van der Waals surface area contributed by atoms with Crippen LogP contribution in [0, 0.1) is 19.8 Å². The van der Waals surface area contributed by atoms with Crippen LogP contribution in [0.2, 0.25) is 0 Å². The van der Waals surface area contributed by atoms with Crippen LogP contribution in [-0.2, 0) is 11.2 Å². The molecule has 104 valence electrons. The first-order valence-corrected chi connectivity index (χ1v) is 6.93.